The molecule has 0 aromatic carbocycles. The lowest BCUT2D eigenvalue weighted by Gasteiger charge is -2.42. The monoisotopic (exact) mass is 268 g/mol. The second-order valence-corrected chi connectivity index (χ2v) is 11.9. The molecular weight excluding hydrogens is 240 g/mol. The first-order chi connectivity index (χ1) is 8.30. The van der Waals surface area contributed by atoms with Crippen LogP contribution in [0.1, 0.15) is 48.0 Å². The average Bonchev–Trinajstić information content (AvgIpc) is 2.63. The van der Waals surface area contributed by atoms with Crippen LogP contribution in [0.5, 0.6) is 0 Å². The molecule has 1 aliphatic rings. The smallest absolute Gasteiger partial charge is 0.200 e. The van der Waals surface area contributed by atoms with Gasteiger partial charge in [0.1, 0.15) is 0 Å². The molecular formula is C15H28O2Si. The molecule has 0 saturated heterocycles. The predicted molar refractivity (Wildman–Crippen MR) is 79.3 cm³/mol. The van der Waals surface area contributed by atoms with E-state index in [-0.39, 0.29) is 5.78 Å². The second kappa shape index (κ2) is 6.16. The second-order valence-electron chi connectivity index (χ2n) is 6.42. The summed E-state index contributed by atoms with van der Waals surface area (Å²) in [5, 5.41) is 0. The molecule has 0 heterocycles. The molecule has 0 aromatic heterocycles. The van der Waals surface area contributed by atoms with Crippen LogP contribution in [0.4, 0.5) is 0 Å². The third kappa shape index (κ3) is 3.12. The van der Waals surface area contributed by atoms with E-state index in [4.69, 9.17) is 4.43 Å². The molecule has 0 N–H and O–H groups in total. The Bertz CT molecular complexity index is 297. The van der Waals surface area contributed by atoms with E-state index >= 15 is 0 Å². The van der Waals surface area contributed by atoms with E-state index < -0.39 is 8.32 Å². The van der Waals surface area contributed by atoms with Crippen molar-refractivity contribution in [3.8, 4) is 0 Å². The largest absolute Gasteiger partial charge is 0.415 e. The molecule has 0 unspecified atom stereocenters. The zero-order valence-corrected chi connectivity index (χ0v) is 13.7. The molecule has 1 rings (SSSR count). The number of rotatable bonds is 6. The number of hydrogen-bond donors (Lipinski definition) is 0. The van der Waals surface area contributed by atoms with Crippen LogP contribution in [0.15, 0.2) is 12.2 Å². The van der Waals surface area contributed by atoms with Gasteiger partial charge in [-0.25, -0.2) is 0 Å². The van der Waals surface area contributed by atoms with E-state index in [9.17, 15) is 4.79 Å². The van der Waals surface area contributed by atoms with Crippen molar-refractivity contribution in [2.24, 2.45) is 5.92 Å². The lowest BCUT2D eigenvalue weighted by atomic mass is 10.1. The third-order valence-corrected chi connectivity index (χ3v) is 10.4. The quantitative estimate of drug-likeness (QED) is 0.670. The number of hydrogen-bond acceptors (Lipinski definition) is 2. The molecule has 0 fully saturated rings. The van der Waals surface area contributed by atoms with Crippen molar-refractivity contribution < 1.29 is 9.22 Å². The fraction of sp³-hybridized carbons (Fsp3) is 0.800. The van der Waals surface area contributed by atoms with E-state index in [1.807, 2.05) is 6.08 Å². The Morgan fingerprint density at radius 1 is 1.17 bits per heavy atom. The van der Waals surface area contributed by atoms with Gasteiger partial charge in [-0.2, -0.15) is 0 Å². The Kier molecular flexibility index (Phi) is 5.35. The van der Waals surface area contributed by atoms with Gasteiger partial charge in [-0.15, -0.1) is 0 Å². The minimum atomic E-state index is -1.76. The molecule has 0 aliphatic heterocycles. The van der Waals surface area contributed by atoms with E-state index in [0.29, 0.717) is 29.0 Å². The predicted octanol–water partition coefficient (Wildman–Crippen LogP) is 4.32. The van der Waals surface area contributed by atoms with Crippen molar-refractivity contribution in [3.05, 3.63) is 12.2 Å². The van der Waals surface area contributed by atoms with Crippen molar-refractivity contribution >= 4 is 14.1 Å². The van der Waals surface area contributed by atoms with Crippen LogP contribution in [0.3, 0.4) is 0 Å². The maximum absolute atomic E-state index is 11.2. The molecule has 18 heavy (non-hydrogen) atoms. The van der Waals surface area contributed by atoms with Crippen LogP contribution in [-0.2, 0) is 9.22 Å². The van der Waals surface area contributed by atoms with E-state index in [0.717, 1.165) is 6.61 Å². The lowest BCUT2D eigenvalue weighted by molar-refractivity contribution is -0.114. The van der Waals surface area contributed by atoms with Gasteiger partial charge in [0, 0.05) is 18.9 Å². The van der Waals surface area contributed by atoms with Crippen LogP contribution in [0.25, 0.3) is 0 Å². The zero-order valence-electron chi connectivity index (χ0n) is 12.7. The zero-order chi connectivity index (χ0) is 13.9. The van der Waals surface area contributed by atoms with Gasteiger partial charge in [0.2, 0.25) is 0 Å². The van der Waals surface area contributed by atoms with Gasteiger partial charge in [-0.3, -0.25) is 4.79 Å². The first-order valence-corrected chi connectivity index (χ1v) is 9.29. The Morgan fingerprint density at radius 2 is 1.67 bits per heavy atom. The van der Waals surface area contributed by atoms with Gasteiger partial charge < -0.3 is 4.43 Å². The number of allylic oxidation sites excluding steroid dienone is 1. The van der Waals surface area contributed by atoms with E-state index in [1.165, 1.54) is 0 Å². The minimum absolute atomic E-state index is 0.245. The summed E-state index contributed by atoms with van der Waals surface area (Å²) in [5.74, 6) is 0.551. The fourth-order valence-electron chi connectivity index (χ4n) is 3.50. The van der Waals surface area contributed by atoms with Crippen molar-refractivity contribution in [1.82, 2.24) is 0 Å². The SMILES string of the molecule is CC(C)[Si](OC[C@@H]1C=CC(=O)C1)(C(C)C)C(C)C. The first kappa shape index (κ1) is 15.6. The van der Waals surface area contributed by atoms with Crippen LogP contribution < -0.4 is 0 Å². The number of ketones is 1. The van der Waals surface area contributed by atoms with Crippen LogP contribution in [-0.4, -0.2) is 20.7 Å². The van der Waals surface area contributed by atoms with E-state index in [2.05, 4.69) is 41.5 Å². The molecule has 2 nitrogen and oxygen atoms in total. The summed E-state index contributed by atoms with van der Waals surface area (Å²) in [6, 6.07) is 0. The lowest BCUT2D eigenvalue weighted by Crippen LogP contribution is -2.48. The Hall–Kier alpha value is -0.413. The van der Waals surface area contributed by atoms with Gasteiger partial charge in [0.15, 0.2) is 14.1 Å². The van der Waals surface area contributed by atoms with Gasteiger partial charge >= 0.3 is 0 Å². The van der Waals surface area contributed by atoms with Gasteiger partial charge in [0.05, 0.1) is 0 Å². The summed E-state index contributed by atoms with van der Waals surface area (Å²) < 4.78 is 6.48. The Balaban J connectivity index is 2.73. The fourth-order valence-corrected chi connectivity index (χ4v) is 9.01. The molecule has 1 aliphatic carbocycles. The summed E-state index contributed by atoms with van der Waals surface area (Å²) in [6.45, 7) is 14.5. The van der Waals surface area contributed by atoms with Gasteiger partial charge in [-0.1, -0.05) is 47.6 Å². The van der Waals surface area contributed by atoms with Crippen molar-refractivity contribution in [1.29, 1.82) is 0 Å². The third-order valence-electron chi connectivity index (χ3n) is 4.27. The number of carbonyl (C=O) groups is 1. The Labute approximate surface area is 113 Å². The summed E-state index contributed by atoms with van der Waals surface area (Å²) in [7, 11) is -1.76. The topological polar surface area (TPSA) is 26.3 Å². The summed E-state index contributed by atoms with van der Waals surface area (Å²) in [4.78, 5) is 11.2. The first-order valence-electron chi connectivity index (χ1n) is 7.15. The highest BCUT2D eigenvalue weighted by Gasteiger charge is 2.45. The van der Waals surface area contributed by atoms with Gasteiger partial charge in [-0.05, 0) is 22.7 Å². The molecule has 0 bridgehead atoms. The molecule has 3 heteroatoms. The molecule has 0 radical (unpaired) electrons. The van der Waals surface area contributed by atoms with Crippen LogP contribution in [0, 0.1) is 5.92 Å². The Morgan fingerprint density at radius 3 is 2.00 bits per heavy atom. The minimum Gasteiger partial charge on any atom is -0.415 e. The number of carbonyl (C=O) groups excluding carboxylic acids is 1. The summed E-state index contributed by atoms with van der Waals surface area (Å²) >= 11 is 0. The highest BCUT2D eigenvalue weighted by molar-refractivity contribution is 6.77. The van der Waals surface area contributed by atoms with Crippen LogP contribution >= 0.6 is 0 Å². The highest BCUT2D eigenvalue weighted by Crippen LogP contribution is 2.42. The summed E-state index contributed by atoms with van der Waals surface area (Å²) in [6.07, 6.45) is 4.36. The molecule has 104 valence electrons. The standard InChI is InChI=1S/C15H28O2Si/c1-11(2)18(12(3)4,13(5)6)17-10-14-7-8-15(16)9-14/h7-8,11-14H,9-10H2,1-6H3/t14-/m1/s1. The molecule has 0 amide bonds. The normalized spacial score (nSPS) is 20.7. The maximum Gasteiger partial charge on any atom is 0.200 e. The maximum atomic E-state index is 11.2. The highest BCUT2D eigenvalue weighted by atomic mass is 28.4. The van der Waals surface area contributed by atoms with Crippen molar-refractivity contribution in [2.75, 3.05) is 6.61 Å². The average molecular weight is 268 g/mol. The summed E-state index contributed by atoms with van der Waals surface area (Å²) in [5.41, 5.74) is 1.83. The molecule has 0 saturated carbocycles. The van der Waals surface area contributed by atoms with Crippen molar-refractivity contribution in [3.63, 3.8) is 0 Å². The van der Waals surface area contributed by atoms with E-state index in [1.54, 1.807) is 6.08 Å². The molecule has 0 spiro atoms. The van der Waals surface area contributed by atoms with Gasteiger partial charge in [0.25, 0.3) is 0 Å². The molecule has 1 atom stereocenters. The van der Waals surface area contributed by atoms with Crippen molar-refractivity contribution in [2.45, 2.75) is 64.6 Å². The molecule has 0 aromatic rings. The van der Waals surface area contributed by atoms with Crippen LogP contribution in [0.2, 0.25) is 16.6 Å².